The van der Waals surface area contributed by atoms with Crippen LogP contribution in [0.15, 0.2) is 29.2 Å². The van der Waals surface area contributed by atoms with E-state index >= 15 is 0 Å². The van der Waals surface area contributed by atoms with E-state index in [1.807, 2.05) is 0 Å². The summed E-state index contributed by atoms with van der Waals surface area (Å²) in [6.07, 6.45) is 2.61. The first-order chi connectivity index (χ1) is 12.3. The molecular formula is C19H29N3O3S. The minimum Gasteiger partial charge on any atom is -0.339 e. The summed E-state index contributed by atoms with van der Waals surface area (Å²) in [4.78, 5) is 14.7. The molecule has 26 heavy (non-hydrogen) atoms. The highest BCUT2D eigenvalue weighted by Crippen LogP contribution is 2.27. The van der Waals surface area contributed by atoms with Gasteiger partial charge in [0.25, 0.3) is 5.91 Å². The molecule has 2 aliphatic heterocycles. The molecule has 3 rings (SSSR count). The van der Waals surface area contributed by atoms with Crippen molar-refractivity contribution in [3.63, 3.8) is 0 Å². The first kappa shape index (κ1) is 19.3. The van der Waals surface area contributed by atoms with Crippen molar-refractivity contribution in [1.82, 2.24) is 9.21 Å². The molecule has 2 unspecified atom stereocenters. The molecule has 0 bridgehead atoms. The van der Waals surface area contributed by atoms with Gasteiger partial charge in [0, 0.05) is 37.8 Å². The van der Waals surface area contributed by atoms with Crippen molar-refractivity contribution in [2.75, 3.05) is 26.2 Å². The topological polar surface area (TPSA) is 83.7 Å². The first-order valence-corrected chi connectivity index (χ1v) is 10.9. The average molecular weight is 380 g/mol. The van der Waals surface area contributed by atoms with Crippen molar-refractivity contribution in [2.45, 2.75) is 44.0 Å². The third-order valence-electron chi connectivity index (χ3n) is 5.38. The van der Waals surface area contributed by atoms with E-state index in [9.17, 15) is 13.2 Å². The zero-order valence-electron chi connectivity index (χ0n) is 15.6. The van der Waals surface area contributed by atoms with E-state index in [2.05, 4.69) is 13.8 Å². The maximum Gasteiger partial charge on any atom is 0.253 e. The van der Waals surface area contributed by atoms with Crippen LogP contribution >= 0.6 is 0 Å². The lowest BCUT2D eigenvalue weighted by molar-refractivity contribution is 0.0714. The molecular weight excluding hydrogens is 350 g/mol. The Kier molecular flexibility index (Phi) is 5.69. The fraction of sp³-hybridized carbons (Fsp3) is 0.632. The number of carbonyl (C=O) groups excluding carboxylic acids is 1. The Balaban J connectivity index is 1.81. The van der Waals surface area contributed by atoms with Gasteiger partial charge in [0.15, 0.2) is 0 Å². The van der Waals surface area contributed by atoms with Gasteiger partial charge in [-0.15, -0.1) is 0 Å². The van der Waals surface area contributed by atoms with Gasteiger partial charge in [0.05, 0.1) is 4.90 Å². The number of likely N-dealkylation sites (tertiary alicyclic amines) is 1. The molecule has 0 saturated carbocycles. The Labute approximate surface area is 156 Å². The normalized spacial score (nSPS) is 26.0. The van der Waals surface area contributed by atoms with Crippen LogP contribution in [0.25, 0.3) is 0 Å². The third-order valence-corrected chi connectivity index (χ3v) is 7.21. The van der Waals surface area contributed by atoms with Gasteiger partial charge in [-0.1, -0.05) is 19.9 Å². The highest BCUT2D eigenvalue weighted by molar-refractivity contribution is 7.89. The van der Waals surface area contributed by atoms with E-state index in [4.69, 9.17) is 5.73 Å². The lowest BCUT2D eigenvalue weighted by atomic mass is 9.94. The molecule has 2 heterocycles. The van der Waals surface area contributed by atoms with Crippen molar-refractivity contribution in [3.8, 4) is 0 Å². The smallest absolute Gasteiger partial charge is 0.253 e. The molecule has 0 spiro atoms. The second-order valence-electron chi connectivity index (χ2n) is 7.93. The Bertz CT molecular complexity index is 747. The van der Waals surface area contributed by atoms with Crippen molar-refractivity contribution >= 4 is 15.9 Å². The SMILES string of the molecule is CC1CC(C)CN(S(=O)(=O)c2cccc(C(=O)N3CCC(N)CC3)c2)C1. The van der Waals surface area contributed by atoms with Gasteiger partial charge in [-0.25, -0.2) is 8.42 Å². The number of nitrogens with zero attached hydrogens (tertiary/aromatic N) is 2. The largest absolute Gasteiger partial charge is 0.339 e. The summed E-state index contributed by atoms with van der Waals surface area (Å²) < 4.78 is 27.7. The molecule has 2 aliphatic rings. The van der Waals surface area contributed by atoms with E-state index in [1.165, 1.54) is 6.07 Å². The van der Waals surface area contributed by atoms with Gasteiger partial charge in [-0.3, -0.25) is 4.79 Å². The van der Waals surface area contributed by atoms with Gasteiger partial charge in [0.1, 0.15) is 0 Å². The van der Waals surface area contributed by atoms with Crippen LogP contribution in [0.1, 0.15) is 43.5 Å². The molecule has 0 radical (unpaired) electrons. The second kappa shape index (κ2) is 7.66. The predicted octanol–water partition coefficient (Wildman–Crippen LogP) is 1.92. The zero-order chi connectivity index (χ0) is 18.9. The minimum absolute atomic E-state index is 0.116. The molecule has 1 aromatic rings. The van der Waals surface area contributed by atoms with Crippen LogP contribution in [0.5, 0.6) is 0 Å². The van der Waals surface area contributed by atoms with Gasteiger partial charge < -0.3 is 10.6 Å². The molecule has 1 aromatic carbocycles. The lowest BCUT2D eigenvalue weighted by Gasteiger charge is -2.34. The lowest BCUT2D eigenvalue weighted by Crippen LogP contribution is -2.43. The number of carbonyl (C=O) groups is 1. The van der Waals surface area contributed by atoms with Crippen LogP contribution in [0.3, 0.4) is 0 Å². The molecule has 1 amide bonds. The molecule has 7 heteroatoms. The van der Waals surface area contributed by atoms with Crippen LogP contribution < -0.4 is 5.73 Å². The summed E-state index contributed by atoms with van der Waals surface area (Å²) in [7, 11) is -3.58. The Morgan fingerprint density at radius 2 is 1.73 bits per heavy atom. The maximum absolute atomic E-state index is 13.1. The van der Waals surface area contributed by atoms with Gasteiger partial charge in [-0.2, -0.15) is 4.31 Å². The summed E-state index contributed by atoms with van der Waals surface area (Å²) in [5, 5.41) is 0. The van der Waals surface area contributed by atoms with Crippen molar-refractivity contribution < 1.29 is 13.2 Å². The highest BCUT2D eigenvalue weighted by Gasteiger charge is 2.32. The molecule has 2 N–H and O–H groups in total. The number of nitrogens with two attached hydrogens (primary N) is 1. The Hall–Kier alpha value is -1.44. The fourth-order valence-electron chi connectivity index (χ4n) is 4.03. The Morgan fingerprint density at radius 1 is 1.12 bits per heavy atom. The molecule has 0 aliphatic carbocycles. The molecule has 144 valence electrons. The summed E-state index contributed by atoms with van der Waals surface area (Å²) in [5.41, 5.74) is 6.33. The first-order valence-electron chi connectivity index (χ1n) is 9.42. The van der Waals surface area contributed by atoms with Gasteiger partial charge >= 0.3 is 0 Å². The summed E-state index contributed by atoms with van der Waals surface area (Å²) in [5.74, 6) is 0.570. The number of hydrogen-bond acceptors (Lipinski definition) is 4. The standard InChI is InChI=1S/C19H29N3O3S/c1-14-10-15(2)13-22(12-14)26(24,25)18-5-3-4-16(11-18)19(23)21-8-6-17(20)7-9-21/h3-5,11,14-15,17H,6-10,12-13,20H2,1-2H3. The third kappa shape index (κ3) is 4.10. The summed E-state index contributed by atoms with van der Waals surface area (Å²) in [6.45, 7) is 6.48. The molecule has 2 atom stereocenters. The number of amides is 1. The quantitative estimate of drug-likeness (QED) is 0.870. The van der Waals surface area contributed by atoms with Gasteiger partial charge in [0.2, 0.25) is 10.0 Å². The number of benzene rings is 1. The van der Waals surface area contributed by atoms with E-state index in [1.54, 1.807) is 27.4 Å². The van der Waals surface area contributed by atoms with E-state index in [0.29, 0.717) is 43.6 Å². The van der Waals surface area contributed by atoms with Crippen LogP contribution in [0, 0.1) is 11.8 Å². The average Bonchev–Trinajstić information content (AvgIpc) is 2.61. The summed E-state index contributed by atoms with van der Waals surface area (Å²) in [6, 6.07) is 6.61. The second-order valence-corrected chi connectivity index (χ2v) is 9.86. The van der Waals surface area contributed by atoms with E-state index < -0.39 is 10.0 Å². The van der Waals surface area contributed by atoms with Crippen LogP contribution in [0.4, 0.5) is 0 Å². The number of piperidine rings is 2. The minimum atomic E-state index is -3.58. The van der Waals surface area contributed by atoms with Crippen molar-refractivity contribution in [3.05, 3.63) is 29.8 Å². The molecule has 0 aromatic heterocycles. The number of rotatable bonds is 3. The van der Waals surface area contributed by atoms with E-state index in [-0.39, 0.29) is 16.8 Å². The van der Waals surface area contributed by atoms with Crippen LogP contribution in [0.2, 0.25) is 0 Å². The Morgan fingerprint density at radius 3 is 2.35 bits per heavy atom. The highest BCUT2D eigenvalue weighted by atomic mass is 32.2. The van der Waals surface area contributed by atoms with Crippen LogP contribution in [-0.4, -0.2) is 55.8 Å². The molecule has 2 saturated heterocycles. The summed E-state index contributed by atoms with van der Waals surface area (Å²) >= 11 is 0. The van der Waals surface area contributed by atoms with Crippen LogP contribution in [-0.2, 0) is 10.0 Å². The van der Waals surface area contributed by atoms with Gasteiger partial charge in [-0.05, 0) is 49.3 Å². The fourth-order valence-corrected chi connectivity index (χ4v) is 5.75. The zero-order valence-corrected chi connectivity index (χ0v) is 16.4. The van der Waals surface area contributed by atoms with Crippen molar-refractivity contribution in [1.29, 1.82) is 0 Å². The van der Waals surface area contributed by atoms with Crippen molar-refractivity contribution in [2.24, 2.45) is 17.6 Å². The number of sulfonamides is 1. The molecule has 6 nitrogen and oxygen atoms in total. The monoisotopic (exact) mass is 379 g/mol. The van der Waals surface area contributed by atoms with E-state index in [0.717, 1.165) is 19.3 Å². The predicted molar refractivity (Wildman–Crippen MR) is 101 cm³/mol. The number of hydrogen-bond donors (Lipinski definition) is 1. The molecule has 2 fully saturated rings. The maximum atomic E-state index is 13.1.